The van der Waals surface area contributed by atoms with Gasteiger partial charge < -0.3 is 9.84 Å². The second-order valence-corrected chi connectivity index (χ2v) is 7.27. The third-order valence-corrected chi connectivity index (χ3v) is 5.48. The van der Waals surface area contributed by atoms with Gasteiger partial charge in [0.25, 0.3) is 0 Å². The van der Waals surface area contributed by atoms with Crippen LogP contribution in [0.4, 0.5) is 5.82 Å². The maximum atomic E-state index is 12.8. The van der Waals surface area contributed by atoms with E-state index in [1.54, 1.807) is 13.0 Å². The third-order valence-electron chi connectivity index (χ3n) is 5.48. The second kappa shape index (κ2) is 6.98. The number of hydrogen-bond donors (Lipinski definition) is 1. The minimum absolute atomic E-state index is 0.233. The zero-order chi connectivity index (χ0) is 19.0. The molecule has 3 amide bonds. The van der Waals surface area contributed by atoms with Gasteiger partial charge in [-0.2, -0.15) is 0 Å². The summed E-state index contributed by atoms with van der Waals surface area (Å²) in [5, 5.41) is 6.25. The molecule has 0 bridgehead atoms. The largest absolute Gasteiger partial charge is 0.360 e. The topological polar surface area (TPSA) is 92.5 Å². The predicted octanol–water partition coefficient (Wildman–Crippen LogP) is 2.49. The van der Waals surface area contributed by atoms with E-state index in [0.717, 1.165) is 11.3 Å². The number of fused-ring (bicyclic) bond motifs is 1. The van der Waals surface area contributed by atoms with Crippen molar-refractivity contribution in [3.05, 3.63) is 47.7 Å². The Hall–Kier alpha value is -2.96. The van der Waals surface area contributed by atoms with Crippen molar-refractivity contribution in [2.45, 2.75) is 32.1 Å². The molecule has 0 spiro atoms. The molecule has 1 saturated carbocycles. The first-order valence-electron chi connectivity index (χ1n) is 9.16. The Bertz CT molecular complexity index is 876. The highest BCUT2D eigenvalue weighted by molar-refractivity contribution is 6.08. The first-order valence-corrected chi connectivity index (χ1v) is 9.16. The van der Waals surface area contributed by atoms with Crippen molar-refractivity contribution in [2.24, 2.45) is 11.8 Å². The van der Waals surface area contributed by atoms with Crippen LogP contribution in [-0.4, -0.2) is 34.3 Å². The number of hydrogen-bond acceptors (Lipinski definition) is 5. The Morgan fingerprint density at radius 2 is 1.93 bits per heavy atom. The highest BCUT2D eigenvalue weighted by Gasteiger charge is 2.50. The normalized spacial score (nSPS) is 24.8. The zero-order valence-electron chi connectivity index (χ0n) is 15.1. The number of aromatic nitrogens is 1. The van der Waals surface area contributed by atoms with Crippen LogP contribution in [0.5, 0.6) is 0 Å². The van der Waals surface area contributed by atoms with Gasteiger partial charge in [-0.1, -0.05) is 35.5 Å². The first-order chi connectivity index (χ1) is 13.0. The summed E-state index contributed by atoms with van der Waals surface area (Å²) in [5.74, 6) is -0.452. The monoisotopic (exact) mass is 367 g/mol. The van der Waals surface area contributed by atoms with Crippen LogP contribution in [0, 0.1) is 18.8 Å². The summed E-state index contributed by atoms with van der Waals surface area (Å²) in [6, 6.07) is 11.7. The van der Waals surface area contributed by atoms with Crippen molar-refractivity contribution >= 4 is 23.5 Å². The fraction of sp³-hybridized carbons (Fsp3) is 0.400. The number of imide groups is 1. The Kier molecular flexibility index (Phi) is 4.51. The van der Waals surface area contributed by atoms with Crippen LogP contribution in [-0.2, 0) is 14.4 Å². The number of nitrogens with zero attached hydrogens (tertiary/aromatic N) is 2. The Labute approximate surface area is 156 Å². The zero-order valence-corrected chi connectivity index (χ0v) is 15.1. The van der Waals surface area contributed by atoms with E-state index in [4.69, 9.17) is 4.52 Å². The molecule has 1 aliphatic heterocycles. The van der Waals surface area contributed by atoms with Crippen LogP contribution >= 0.6 is 0 Å². The molecule has 0 radical (unpaired) electrons. The molecule has 2 aromatic rings. The minimum atomic E-state index is -0.455. The van der Waals surface area contributed by atoms with E-state index in [-0.39, 0.29) is 41.9 Å². The van der Waals surface area contributed by atoms with Gasteiger partial charge in [-0.15, -0.1) is 0 Å². The van der Waals surface area contributed by atoms with Crippen molar-refractivity contribution in [2.75, 3.05) is 11.9 Å². The molecule has 2 aliphatic rings. The summed E-state index contributed by atoms with van der Waals surface area (Å²) in [6.45, 7) is 1.43. The highest BCUT2D eigenvalue weighted by atomic mass is 16.5. The molecule has 3 atom stereocenters. The lowest BCUT2D eigenvalue weighted by Gasteiger charge is -2.28. The average Bonchev–Trinajstić information content (AvgIpc) is 3.18. The second-order valence-electron chi connectivity index (χ2n) is 7.27. The van der Waals surface area contributed by atoms with Crippen LogP contribution in [0.25, 0.3) is 0 Å². The molecule has 1 N–H and O–H groups in total. The quantitative estimate of drug-likeness (QED) is 0.838. The Balaban J connectivity index is 1.43. The summed E-state index contributed by atoms with van der Waals surface area (Å²) in [4.78, 5) is 38.8. The van der Waals surface area contributed by atoms with E-state index in [2.05, 4.69) is 22.6 Å². The Morgan fingerprint density at radius 1 is 1.19 bits per heavy atom. The number of carbonyl (C=O) groups is 3. The SMILES string of the molecule is Cc1cc(NC(=O)CN2C(=O)[C@H]3C[C@@H](c4ccccc4)CC[C@H]3C2=O)no1. The summed E-state index contributed by atoms with van der Waals surface area (Å²) in [6.07, 6.45) is 2.21. The molecular formula is C20H21N3O4. The smallest absolute Gasteiger partial charge is 0.245 e. The fourth-order valence-corrected chi connectivity index (χ4v) is 4.18. The lowest BCUT2D eigenvalue weighted by atomic mass is 9.73. The highest BCUT2D eigenvalue weighted by Crippen LogP contribution is 2.44. The van der Waals surface area contributed by atoms with E-state index < -0.39 is 5.91 Å². The van der Waals surface area contributed by atoms with Crippen LogP contribution in [0.15, 0.2) is 40.9 Å². The number of benzene rings is 1. The van der Waals surface area contributed by atoms with Gasteiger partial charge in [0.05, 0.1) is 11.8 Å². The van der Waals surface area contributed by atoms with Crippen LogP contribution in [0.1, 0.15) is 36.5 Å². The van der Waals surface area contributed by atoms with Gasteiger partial charge in [-0.05, 0) is 37.7 Å². The summed E-state index contributed by atoms with van der Waals surface area (Å²) >= 11 is 0. The Morgan fingerprint density at radius 3 is 2.63 bits per heavy atom. The molecule has 0 unspecified atom stereocenters. The van der Waals surface area contributed by atoms with Gasteiger partial charge >= 0.3 is 0 Å². The van der Waals surface area contributed by atoms with Crippen LogP contribution in [0.3, 0.4) is 0 Å². The number of carbonyl (C=O) groups excluding carboxylic acids is 3. The predicted molar refractivity (Wildman–Crippen MR) is 96.6 cm³/mol. The first kappa shape index (κ1) is 17.5. The van der Waals surface area contributed by atoms with Crippen molar-refractivity contribution in [3.63, 3.8) is 0 Å². The number of aryl methyl sites for hydroxylation is 1. The van der Waals surface area contributed by atoms with Crippen molar-refractivity contribution < 1.29 is 18.9 Å². The molecule has 27 heavy (non-hydrogen) atoms. The van der Waals surface area contributed by atoms with Crippen molar-refractivity contribution in [1.29, 1.82) is 0 Å². The van der Waals surface area contributed by atoms with Gasteiger partial charge in [0, 0.05) is 6.07 Å². The van der Waals surface area contributed by atoms with Gasteiger partial charge in [0.2, 0.25) is 17.7 Å². The molecule has 1 aromatic carbocycles. The van der Waals surface area contributed by atoms with Gasteiger partial charge in [0.15, 0.2) is 5.82 Å². The number of anilines is 1. The summed E-state index contributed by atoms with van der Waals surface area (Å²) in [5.41, 5.74) is 1.20. The van der Waals surface area contributed by atoms with E-state index in [0.29, 0.717) is 18.6 Å². The molecule has 2 heterocycles. The number of rotatable bonds is 4. The number of likely N-dealkylation sites (tertiary alicyclic amines) is 1. The number of amides is 3. The molecule has 2 fully saturated rings. The van der Waals surface area contributed by atoms with Crippen molar-refractivity contribution in [3.8, 4) is 0 Å². The van der Waals surface area contributed by atoms with E-state index in [1.807, 2.05) is 18.2 Å². The maximum Gasteiger partial charge on any atom is 0.245 e. The molecule has 1 aliphatic carbocycles. The van der Waals surface area contributed by atoms with E-state index in [1.165, 1.54) is 5.56 Å². The van der Waals surface area contributed by atoms with Crippen molar-refractivity contribution in [1.82, 2.24) is 10.1 Å². The minimum Gasteiger partial charge on any atom is -0.360 e. The van der Waals surface area contributed by atoms with Crippen LogP contribution < -0.4 is 5.32 Å². The van der Waals surface area contributed by atoms with Gasteiger partial charge in [0.1, 0.15) is 12.3 Å². The molecule has 7 nitrogen and oxygen atoms in total. The van der Waals surface area contributed by atoms with Crippen LogP contribution in [0.2, 0.25) is 0 Å². The van der Waals surface area contributed by atoms with Gasteiger partial charge in [-0.3, -0.25) is 19.3 Å². The summed E-state index contributed by atoms with van der Waals surface area (Å²) < 4.78 is 4.90. The molecular weight excluding hydrogens is 346 g/mol. The van der Waals surface area contributed by atoms with E-state index >= 15 is 0 Å². The van der Waals surface area contributed by atoms with E-state index in [9.17, 15) is 14.4 Å². The standard InChI is InChI=1S/C20H21N3O4/c1-12-9-17(22-27-12)21-18(24)11-23-19(25)15-8-7-14(10-16(15)20(23)26)13-5-3-2-4-6-13/h2-6,9,14-16H,7-8,10-11H2,1H3,(H,21,22,24)/t14-,15+,16-/m0/s1. The molecule has 4 rings (SSSR count). The summed E-state index contributed by atoms with van der Waals surface area (Å²) in [7, 11) is 0. The number of nitrogens with one attached hydrogen (secondary N) is 1. The maximum absolute atomic E-state index is 12.8. The molecule has 140 valence electrons. The lowest BCUT2D eigenvalue weighted by molar-refractivity contribution is -0.142. The van der Waals surface area contributed by atoms with Gasteiger partial charge in [-0.25, -0.2) is 0 Å². The molecule has 1 aromatic heterocycles. The third kappa shape index (κ3) is 3.37. The molecule has 1 saturated heterocycles. The average molecular weight is 367 g/mol. The fourth-order valence-electron chi connectivity index (χ4n) is 4.18. The lowest BCUT2D eigenvalue weighted by Crippen LogP contribution is -2.38. The molecule has 7 heteroatoms.